The maximum atomic E-state index is 11.6. The molecule has 1 saturated heterocycles. The predicted molar refractivity (Wildman–Crippen MR) is 136 cm³/mol. The highest BCUT2D eigenvalue weighted by Crippen LogP contribution is 2.21. The van der Waals surface area contributed by atoms with Crippen molar-refractivity contribution in [1.82, 2.24) is 14.9 Å². The van der Waals surface area contributed by atoms with Crippen LogP contribution in [0.2, 0.25) is 0 Å². The van der Waals surface area contributed by atoms with Gasteiger partial charge in [-0.15, -0.1) is 24.0 Å². The summed E-state index contributed by atoms with van der Waals surface area (Å²) < 4.78 is 35.9. The largest absolute Gasteiger partial charge is 0.493 e. The lowest BCUT2D eigenvalue weighted by molar-refractivity contribution is 0.171. The van der Waals surface area contributed by atoms with Crippen LogP contribution >= 0.6 is 24.0 Å². The minimum absolute atomic E-state index is 0. The van der Waals surface area contributed by atoms with E-state index in [-0.39, 0.29) is 24.0 Å². The van der Waals surface area contributed by atoms with E-state index in [4.69, 9.17) is 9.47 Å². The summed E-state index contributed by atoms with van der Waals surface area (Å²) >= 11 is 0. The van der Waals surface area contributed by atoms with Gasteiger partial charge >= 0.3 is 0 Å². The Bertz CT molecular complexity index is 797. The maximum Gasteiger partial charge on any atom is 0.211 e. The molecule has 1 aromatic rings. The molecule has 2 rings (SSSR count). The van der Waals surface area contributed by atoms with Crippen molar-refractivity contribution in [2.24, 2.45) is 10.9 Å². The summed E-state index contributed by atoms with van der Waals surface area (Å²) in [6, 6.07) is 6.20. The number of ether oxygens (including phenoxy) is 2. The Balaban J connectivity index is 0.00000480. The van der Waals surface area contributed by atoms with Gasteiger partial charge in [0.1, 0.15) is 5.75 Å². The highest BCUT2D eigenvalue weighted by atomic mass is 127. The van der Waals surface area contributed by atoms with E-state index in [0.717, 1.165) is 48.6 Å². The monoisotopic (exact) mass is 568 g/mol. The van der Waals surface area contributed by atoms with E-state index in [9.17, 15) is 8.42 Å². The van der Waals surface area contributed by atoms with Crippen molar-refractivity contribution < 1.29 is 17.9 Å². The Kier molecular flexibility index (Phi) is 12.7. The minimum atomic E-state index is -3.08. The van der Waals surface area contributed by atoms with Gasteiger partial charge < -0.3 is 20.1 Å². The van der Waals surface area contributed by atoms with Crippen LogP contribution in [0.4, 0.5) is 0 Å². The van der Waals surface area contributed by atoms with E-state index in [1.807, 2.05) is 0 Å². The third-order valence-electron chi connectivity index (χ3n) is 5.24. The zero-order chi connectivity index (χ0) is 22.0. The standard InChI is InChI=1S/C21H36N4O4S.HI/c1-17-6-7-19(20(14-17)29-13-5-12-28-3)16-24-21(22-2)23-15-18-8-10-25(11-9-18)30(4,26)27;/h6-7,14,18H,5,8-13,15-16H2,1-4H3,(H2,22,23,24);1H. The lowest BCUT2D eigenvalue weighted by Gasteiger charge is -2.30. The zero-order valence-corrected chi connectivity index (χ0v) is 22.2. The molecule has 0 unspecified atom stereocenters. The Hall–Kier alpha value is -1.11. The normalized spacial score (nSPS) is 15.9. The molecule has 1 aliphatic rings. The number of hydrogen-bond acceptors (Lipinski definition) is 5. The number of benzene rings is 1. The molecule has 2 N–H and O–H groups in total. The summed E-state index contributed by atoms with van der Waals surface area (Å²) in [5.74, 6) is 2.04. The van der Waals surface area contributed by atoms with Crippen molar-refractivity contribution in [3.05, 3.63) is 29.3 Å². The van der Waals surface area contributed by atoms with Gasteiger partial charge in [-0.05, 0) is 37.3 Å². The topological polar surface area (TPSA) is 92.3 Å². The van der Waals surface area contributed by atoms with Gasteiger partial charge in [0, 0.05) is 58.9 Å². The molecule has 0 atom stereocenters. The molecule has 0 bridgehead atoms. The van der Waals surface area contributed by atoms with Crippen molar-refractivity contribution in [1.29, 1.82) is 0 Å². The lowest BCUT2D eigenvalue weighted by Crippen LogP contribution is -2.43. The average Bonchev–Trinajstić information content (AvgIpc) is 2.72. The third-order valence-corrected chi connectivity index (χ3v) is 6.55. The molecule has 10 heteroatoms. The summed E-state index contributed by atoms with van der Waals surface area (Å²) in [6.07, 6.45) is 3.83. The number of aryl methyl sites for hydroxylation is 1. The molecular weight excluding hydrogens is 531 g/mol. The van der Waals surface area contributed by atoms with Crippen LogP contribution in [-0.2, 0) is 21.3 Å². The van der Waals surface area contributed by atoms with Crippen molar-refractivity contribution in [2.45, 2.75) is 32.7 Å². The molecule has 1 aromatic carbocycles. The second kappa shape index (κ2) is 14.1. The van der Waals surface area contributed by atoms with Crippen LogP contribution in [0.5, 0.6) is 5.75 Å². The van der Waals surface area contributed by atoms with Gasteiger partial charge in [-0.2, -0.15) is 0 Å². The summed E-state index contributed by atoms with van der Waals surface area (Å²) in [6.45, 7) is 5.89. The first-order valence-electron chi connectivity index (χ1n) is 10.4. The molecule has 0 radical (unpaired) electrons. The van der Waals surface area contributed by atoms with Crippen LogP contribution in [0.25, 0.3) is 0 Å². The third kappa shape index (κ3) is 9.92. The number of methoxy groups -OCH3 is 1. The fraction of sp³-hybridized carbons (Fsp3) is 0.667. The first-order valence-corrected chi connectivity index (χ1v) is 12.3. The number of aliphatic imine (C=N–C) groups is 1. The second-order valence-corrected chi connectivity index (χ2v) is 9.70. The van der Waals surface area contributed by atoms with Crippen LogP contribution in [0.3, 0.4) is 0 Å². The smallest absolute Gasteiger partial charge is 0.211 e. The summed E-state index contributed by atoms with van der Waals surface area (Å²) in [5, 5.41) is 6.71. The van der Waals surface area contributed by atoms with E-state index in [1.165, 1.54) is 6.26 Å². The number of nitrogens with zero attached hydrogens (tertiary/aromatic N) is 2. The minimum Gasteiger partial charge on any atom is -0.493 e. The van der Waals surface area contributed by atoms with Crippen LogP contribution < -0.4 is 15.4 Å². The number of sulfonamides is 1. The molecular formula is C21H37IN4O4S. The summed E-state index contributed by atoms with van der Waals surface area (Å²) in [5.41, 5.74) is 2.23. The van der Waals surface area contributed by atoms with Crippen molar-refractivity contribution in [3.63, 3.8) is 0 Å². The van der Waals surface area contributed by atoms with Gasteiger partial charge in [0.2, 0.25) is 10.0 Å². The van der Waals surface area contributed by atoms with E-state index >= 15 is 0 Å². The quantitative estimate of drug-likeness (QED) is 0.195. The molecule has 0 aromatic heterocycles. The van der Waals surface area contributed by atoms with Gasteiger partial charge in [-0.25, -0.2) is 12.7 Å². The number of nitrogens with one attached hydrogen (secondary N) is 2. The van der Waals surface area contributed by atoms with Gasteiger partial charge in [0.05, 0.1) is 12.9 Å². The van der Waals surface area contributed by atoms with Crippen LogP contribution in [-0.4, -0.2) is 71.9 Å². The van der Waals surface area contributed by atoms with Crippen LogP contribution in [0, 0.1) is 12.8 Å². The highest BCUT2D eigenvalue weighted by Gasteiger charge is 2.24. The van der Waals surface area contributed by atoms with Crippen molar-refractivity contribution in [2.75, 3.05) is 53.3 Å². The SMILES string of the molecule is CN=C(NCc1ccc(C)cc1OCCCOC)NCC1CCN(S(C)(=O)=O)CC1.I. The molecule has 1 heterocycles. The van der Waals surface area contributed by atoms with Crippen LogP contribution in [0.1, 0.15) is 30.4 Å². The fourth-order valence-corrected chi connectivity index (χ4v) is 4.29. The Morgan fingerprint density at radius 3 is 2.55 bits per heavy atom. The van der Waals surface area contributed by atoms with E-state index in [2.05, 4.69) is 40.7 Å². The molecule has 0 amide bonds. The predicted octanol–water partition coefficient (Wildman–Crippen LogP) is 2.36. The van der Waals surface area contributed by atoms with Gasteiger partial charge in [0.15, 0.2) is 5.96 Å². The lowest BCUT2D eigenvalue weighted by atomic mass is 9.98. The van der Waals surface area contributed by atoms with Crippen molar-refractivity contribution >= 4 is 40.0 Å². The molecule has 8 nitrogen and oxygen atoms in total. The highest BCUT2D eigenvalue weighted by molar-refractivity contribution is 14.0. The number of halogens is 1. The Labute approximate surface area is 204 Å². The van der Waals surface area contributed by atoms with Gasteiger partial charge in [-0.3, -0.25) is 4.99 Å². The average molecular weight is 569 g/mol. The Morgan fingerprint density at radius 2 is 1.94 bits per heavy atom. The Morgan fingerprint density at radius 1 is 1.23 bits per heavy atom. The van der Waals surface area contributed by atoms with Crippen LogP contribution in [0.15, 0.2) is 23.2 Å². The first kappa shape index (κ1) is 27.9. The number of guanidine groups is 1. The molecule has 0 spiro atoms. The van der Waals surface area contributed by atoms with Gasteiger partial charge in [-0.1, -0.05) is 12.1 Å². The molecule has 31 heavy (non-hydrogen) atoms. The van der Waals surface area contributed by atoms with E-state index < -0.39 is 10.0 Å². The number of hydrogen-bond donors (Lipinski definition) is 2. The maximum absolute atomic E-state index is 11.6. The van der Waals surface area contributed by atoms with Crippen molar-refractivity contribution in [3.8, 4) is 5.75 Å². The second-order valence-electron chi connectivity index (χ2n) is 7.72. The number of piperidine rings is 1. The molecule has 0 saturated carbocycles. The summed E-state index contributed by atoms with van der Waals surface area (Å²) in [4.78, 5) is 4.31. The molecule has 1 aliphatic heterocycles. The molecule has 178 valence electrons. The molecule has 0 aliphatic carbocycles. The summed E-state index contributed by atoms with van der Waals surface area (Å²) in [7, 11) is 0.355. The first-order chi connectivity index (χ1) is 14.3. The number of rotatable bonds is 10. The van der Waals surface area contributed by atoms with E-state index in [0.29, 0.717) is 38.8 Å². The van der Waals surface area contributed by atoms with Gasteiger partial charge in [0.25, 0.3) is 0 Å². The molecule has 1 fully saturated rings. The zero-order valence-electron chi connectivity index (χ0n) is 19.0. The van der Waals surface area contributed by atoms with E-state index in [1.54, 1.807) is 18.5 Å². The fourth-order valence-electron chi connectivity index (χ4n) is 3.41.